The van der Waals surface area contributed by atoms with Crippen LogP contribution in [0.3, 0.4) is 0 Å². The van der Waals surface area contributed by atoms with Crippen LogP contribution in [0.1, 0.15) is 290 Å². The van der Waals surface area contributed by atoms with Crippen LogP contribution in [-0.4, -0.2) is 37.2 Å². The van der Waals surface area contributed by atoms with E-state index < -0.39 is 6.10 Å². The summed E-state index contributed by atoms with van der Waals surface area (Å²) < 4.78 is 16.9. The molecule has 0 aromatic carbocycles. The van der Waals surface area contributed by atoms with Crippen LogP contribution >= 0.6 is 0 Å². The van der Waals surface area contributed by atoms with E-state index >= 15 is 0 Å². The maximum atomic E-state index is 12.9. The quantitative estimate of drug-likeness (QED) is 0.0261. The van der Waals surface area contributed by atoms with E-state index in [-0.39, 0.29) is 31.1 Å². The molecule has 6 nitrogen and oxygen atoms in total. The molecule has 0 heterocycles. The van der Waals surface area contributed by atoms with Gasteiger partial charge in [-0.15, -0.1) is 0 Å². The molecule has 0 bridgehead atoms. The summed E-state index contributed by atoms with van der Waals surface area (Å²) in [6, 6.07) is 0. The minimum absolute atomic E-state index is 0.0926. The van der Waals surface area contributed by atoms with Crippen LogP contribution in [0.15, 0.2) is 134 Å². The molecule has 0 amide bonds. The van der Waals surface area contributed by atoms with Crippen LogP contribution in [0, 0.1) is 0 Å². The Balaban J connectivity index is 4.28. The summed E-state index contributed by atoms with van der Waals surface area (Å²) in [5, 5.41) is 0. The Hall–Kier alpha value is -4.45. The van der Waals surface area contributed by atoms with E-state index in [0.29, 0.717) is 19.3 Å². The van der Waals surface area contributed by atoms with E-state index in [1.54, 1.807) is 0 Å². The first kappa shape index (κ1) is 74.5. The summed E-state index contributed by atoms with van der Waals surface area (Å²) in [4.78, 5) is 38.2. The first-order valence-corrected chi connectivity index (χ1v) is 32.7. The molecule has 0 aliphatic heterocycles. The zero-order chi connectivity index (χ0) is 57.1. The lowest BCUT2D eigenvalue weighted by Gasteiger charge is -2.18. The standard InChI is InChI=1S/C73H120O6/c1-4-7-10-13-16-19-22-25-27-29-30-31-32-33-34-35-36-37-38-39-40-41-42-43-44-45-47-48-51-54-57-60-63-66-72(75)78-69-70(68-77-71(74)65-62-59-56-53-50-24-21-18-15-12-9-6-3)79-73(76)67-64-61-58-55-52-49-46-28-26-23-20-17-14-11-8-5-2/h7,10,16,18-21,23,25,27-28,30-31,33-34,36-37,39-40,42-43,46,70H,4-6,8-9,11-15,17,22,24,26,29,32,35,38,41,44-45,47-69H2,1-3H3/b10-7-,19-16-,21-18-,23-20-,27-25-,31-30-,34-33-,37-36-,40-39-,43-42-,46-28-. The lowest BCUT2D eigenvalue weighted by molar-refractivity contribution is -0.167. The molecule has 6 heteroatoms. The first-order valence-electron chi connectivity index (χ1n) is 32.7. The summed E-state index contributed by atoms with van der Waals surface area (Å²) in [6.45, 7) is 6.46. The van der Waals surface area contributed by atoms with Gasteiger partial charge in [-0.1, -0.05) is 264 Å². The zero-order valence-electron chi connectivity index (χ0n) is 51.3. The molecule has 0 saturated heterocycles. The summed E-state index contributed by atoms with van der Waals surface area (Å²) in [7, 11) is 0. The number of allylic oxidation sites excluding steroid dienone is 22. The predicted molar refractivity (Wildman–Crippen MR) is 343 cm³/mol. The van der Waals surface area contributed by atoms with Gasteiger partial charge >= 0.3 is 17.9 Å². The summed E-state index contributed by atoms with van der Waals surface area (Å²) in [5.41, 5.74) is 0. The highest BCUT2D eigenvalue weighted by molar-refractivity contribution is 5.71. The number of hydrogen-bond donors (Lipinski definition) is 0. The molecule has 0 N–H and O–H groups in total. The van der Waals surface area contributed by atoms with Crippen molar-refractivity contribution in [1.29, 1.82) is 0 Å². The summed E-state index contributed by atoms with van der Waals surface area (Å²) >= 11 is 0. The van der Waals surface area contributed by atoms with E-state index in [1.807, 2.05) is 0 Å². The molecule has 0 fully saturated rings. The molecule has 0 aliphatic rings. The third-order valence-corrected chi connectivity index (χ3v) is 13.6. The Morgan fingerprint density at radius 3 is 0.810 bits per heavy atom. The number of ether oxygens (including phenoxy) is 3. The highest BCUT2D eigenvalue weighted by Crippen LogP contribution is 2.15. The topological polar surface area (TPSA) is 78.9 Å². The van der Waals surface area contributed by atoms with Gasteiger partial charge < -0.3 is 14.2 Å². The first-order chi connectivity index (χ1) is 39.0. The van der Waals surface area contributed by atoms with Crippen molar-refractivity contribution in [2.45, 2.75) is 297 Å². The van der Waals surface area contributed by atoms with Gasteiger partial charge in [-0.05, 0) is 141 Å². The monoisotopic (exact) mass is 1090 g/mol. The molecule has 79 heavy (non-hydrogen) atoms. The molecule has 0 saturated carbocycles. The van der Waals surface area contributed by atoms with Crippen LogP contribution in [0.4, 0.5) is 0 Å². The van der Waals surface area contributed by atoms with Crippen molar-refractivity contribution in [2.24, 2.45) is 0 Å². The van der Waals surface area contributed by atoms with Crippen molar-refractivity contribution >= 4 is 17.9 Å². The Labute approximate surface area is 487 Å². The minimum Gasteiger partial charge on any atom is -0.462 e. The lowest BCUT2D eigenvalue weighted by atomic mass is 10.1. The third kappa shape index (κ3) is 64.3. The normalized spacial score (nSPS) is 13.0. The predicted octanol–water partition coefficient (Wildman–Crippen LogP) is 22.5. The van der Waals surface area contributed by atoms with Crippen LogP contribution in [-0.2, 0) is 28.6 Å². The Morgan fingerprint density at radius 2 is 0.494 bits per heavy atom. The molecule has 0 aliphatic carbocycles. The Kier molecular flexibility index (Phi) is 62.3. The second kappa shape index (κ2) is 66.1. The van der Waals surface area contributed by atoms with Crippen molar-refractivity contribution in [3.63, 3.8) is 0 Å². The average molecular weight is 1090 g/mol. The number of carbonyl (C=O) groups is 3. The van der Waals surface area contributed by atoms with Gasteiger partial charge in [0, 0.05) is 19.3 Å². The largest absolute Gasteiger partial charge is 0.462 e. The number of rotatable bonds is 58. The van der Waals surface area contributed by atoms with Crippen molar-refractivity contribution in [2.75, 3.05) is 13.2 Å². The van der Waals surface area contributed by atoms with Crippen molar-refractivity contribution in [3.05, 3.63) is 134 Å². The van der Waals surface area contributed by atoms with Gasteiger partial charge in [0.2, 0.25) is 0 Å². The van der Waals surface area contributed by atoms with Gasteiger partial charge in [-0.25, -0.2) is 0 Å². The van der Waals surface area contributed by atoms with Crippen molar-refractivity contribution in [3.8, 4) is 0 Å². The molecule has 0 aromatic rings. The summed E-state index contributed by atoms with van der Waals surface area (Å²) in [6.07, 6.45) is 93.2. The van der Waals surface area contributed by atoms with Gasteiger partial charge in [0.05, 0.1) is 0 Å². The van der Waals surface area contributed by atoms with Crippen LogP contribution in [0.2, 0.25) is 0 Å². The molecular weight excluding hydrogens is 973 g/mol. The second-order valence-electron chi connectivity index (χ2n) is 21.3. The molecule has 1 unspecified atom stereocenters. The van der Waals surface area contributed by atoms with E-state index in [1.165, 1.54) is 96.3 Å². The van der Waals surface area contributed by atoms with Crippen molar-refractivity contribution < 1.29 is 28.6 Å². The lowest BCUT2D eigenvalue weighted by Crippen LogP contribution is -2.30. The number of carbonyl (C=O) groups excluding carboxylic acids is 3. The highest BCUT2D eigenvalue weighted by Gasteiger charge is 2.19. The van der Waals surface area contributed by atoms with E-state index in [9.17, 15) is 14.4 Å². The van der Waals surface area contributed by atoms with Crippen LogP contribution in [0.25, 0.3) is 0 Å². The van der Waals surface area contributed by atoms with Crippen molar-refractivity contribution in [1.82, 2.24) is 0 Å². The van der Waals surface area contributed by atoms with Gasteiger partial charge in [0.25, 0.3) is 0 Å². The number of hydrogen-bond acceptors (Lipinski definition) is 6. The van der Waals surface area contributed by atoms with E-state index in [2.05, 4.69) is 154 Å². The fraction of sp³-hybridized carbons (Fsp3) is 0.658. The third-order valence-electron chi connectivity index (χ3n) is 13.6. The fourth-order valence-corrected chi connectivity index (χ4v) is 8.72. The van der Waals surface area contributed by atoms with E-state index in [4.69, 9.17) is 14.2 Å². The molecule has 1 atom stereocenters. The average Bonchev–Trinajstić information content (AvgIpc) is 3.45. The summed E-state index contributed by atoms with van der Waals surface area (Å²) in [5.74, 6) is -0.921. The Bertz CT molecular complexity index is 1680. The maximum absolute atomic E-state index is 12.9. The van der Waals surface area contributed by atoms with Crippen LogP contribution in [0.5, 0.6) is 0 Å². The second-order valence-corrected chi connectivity index (χ2v) is 21.3. The molecule has 0 spiro atoms. The van der Waals surface area contributed by atoms with Gasteiger partial charge in [0.15, 0.2) is 6.10 Å². The SMILES string of the molecule is CC/C=C\C/C=C\C/C=C\C/C=C\C/C=C\C/C=C\C/C=C\C/C=C\CCCCCCCCCCC(=O)OCC(COC(=O)CCCCCCC/C=C\CCCCC)OC(=O)CCCCCCC/C=C\C/C=C\CCCCCC. The number of unbranched alkanes of at least 4 members (excludes halogenated alkanes) is 25. The fourth-order valence-electron chi connectivity index (χ4n) is 8.72. The Morgan fingerprint density at radius 1 is 0.266 bits per heavy atom. The zero-order valence-corrected chi connectivity index (χ0v) is 51.3. The minimum atomic E-state index is -0.796. The van der Waals surface area contributed by atoms with Gasteiger partial charge in [-0.2, -0.15) is 0 Å². The highest BCUT2D eigenvalue weighted by atomic mass is 16.6. The molecular formula is C73H120O6. The van der Waals surface area contributed by atoms with Crippen LogP contribution < -0.4 is 0 Å². The molecule has 0 aromatic heterocycles. The molecule has 0 rings (SSSR count). The molecule has 448 valence electrons. The number of esters is 3. The van der Waals surface area contributed by atoms with E-state index in [0.717, 1.165) is 154 Å². The van der Waals surface area contributed by atoms with Gasteiger partial charge in [0.1, 0.15) is 13.2 Å². The smallest absolute Gasteiger partial charge is 0.306 e. The van der Waals surface area contributed by atoms with Gasteiger partial charge in [-0.3, -0.25) is 14.4 Å². The maximum Gasteiger partial charge on any atom is 0.306 e. The molecule has 0 radical (unpaired) electrons.